The zero-order valence-corrected chi connectivity index (χ0v) is 13.7. The van der Waals surface area contributed by atoms with Crippen LogP contribution in [-0.4, -0.2) is 36.4 Å². The van der Waals surface area contributed by atoms with Crippen molar-refractivity contribution in [3.05, 3.63) is 11.6 Å². The highest BCUT2D eigenvalue weighted by Crippen LogP contribution is 2.49. The molecule has 1 N–H and O–H groups in total. The Balaban J connectivity index is 2.50. The van der Waals surface area contributed by atoms with E-state index in [1.807, 2.05) is 19.1 Å². The van der Waals surface area contributed by atoms with Gasteiger partial charge in [0, 0.05) is 24.9 Å². The number of fused-ring (bicyclic) bond motifs is 1. The van der Waals surface area contributed by atoms with Gasteiger partial charge in [0.05, 0.1) is 30.5 Å². The number of carbonyl (C=O) groups excluding carboxylic acids is 1. The molecule has 2 aliphatic rings. The predicted octanol–water partition coefficient (Wildman–Crippen LogP) is 2.23. The molecule has 0 saturated heterocycles. The lowest BCUT2D eigenvalue weighted by atomic mass is 9.55. The van der Waals surface area contributed by atoms with Gasteiger partial charge in [0.15, 0.2) is 5.41 Å². The Bertz CT molecular complexity index is 692. The molecule has 0 spiro atoms. The van der Waals surface area contributed by atoms with E-state index in [9.17, 15) is 20.6 Å². The highest BCUT2D eigenvalue weighted by molar-refractivity contribution is 6.00. The highest BCUT2D eigenvalue weighted by Gasteiger charge is 2.56. The van der Waals surface area contributed by atoms with Gasteiger partial charge in [0.2, 0.25) is 0 Å². The fourth-order valence-corrected chi connectivity index (χ4v) is 3.78. The molecule has 0 aromatic carbocycles. The van der Waals surface area contributed by atoms with Crippen LogP contribution in [0.15, 0.2) is 11.6 Å². The maximum absolute atomic E-state index is 12.0. The van der Waals surface area contributed by atoms with Crippen LogP contribution in [0.25, 0.3) is 0 Å². The predicted molar refractivity (Wildman–Crippen MR) is 84.4 cm³/mol. The Kier molecular flexibility index (Phi) is 4.90. The third-order valence-corrected chi connectivity index (χ3v) is 4.93. The molecule has 7 nitrogen and oxygen atoms in total. The minimum Gasteiger partial charge on any atom is -0.450 e. The first-order chi connectivity index (χ1) is 11.5. The summed E-state index contributed by atoms with van der Waals surface area (Å²) < 4.78 is 5.03. The summed E-state index contributed by atoms with van der Waals surface area (Å²) in [6, 6.07) is 6.03. The maximum Gasteiger partial charge on any atom is 0.410 e. The van der Waals surface area contributed by atoms with Gasteiger partial charge in [-0.1, -0.05) is 13.0 Å². The van der Waals surface area contributed by atoms with Crippen molar-refractivity contribution in [2.75, 3.05) is 19.7 Å². The van der Waals surface area contributed by atoms with E-state index in [0.29, 0.717) is 19.5 Å². The van der Waals surface area contributed by atoms with Gasteiger partial charge >= 0.3 is 6.09 Å². The van der Waals surface area contributed by atoms with Gasteiger partial charge in [0.1, 0.15) is 5.92 Å². The van der Waals surface area contributed by atoms with Gasteiger partial charge in [-0.3, -0.25) is 0 Å². The Morgan fingerprint density at radius 2 is 2.08 bits per heavy atom. The molecular weight excluding hydrogens is 306 g/mol. The minimum absolute atomic E-state index is 0.145. The lowest BCUT2D eigenvalue weighted by Crippen LogP contribution is -2.54. The smallest absolute Gasteiger partial charge is 0.410 e. The molecular formula is C17H19N5O2. The molecule has 2 rings (SSSR count). The summed E-state index contributed by atoms with van der Waals surface area (Å²) in [5, 5.41) is 37.0. The summed E-state index contributed by atoms with van der Waals surface area (Å²) in [6.07, 6.45) is 1.83. The quantitative estimate of drug-likeness (QED) is 0.779. The van der Waals surface area contributed by atoms with Crippen LogP contribution in [0.3, 0.4) is 0 Å². The van der Waals surface area contributed by atoms with Crippen LogP contribution in [0.5, 0.6) is 0 Å². The lowest BCUT2D eigenvalue weighted by molar-refractivity contribution is 0.0929. The van der Waals surface area contributed by atoms with E-state index in [2.05, 4.69) is 6.07 Å². The molecule has 0 bridgehead atoms. The first-order valence-corrected chi connectivity index (χ1v) is 7.93. The number of carbonyl (C=O) groups is 1. The van der Waals surface area contributed by atoms with E-state index >= 15 is 0 Å². The average molecular weight is 325 g/mol. The van der Waals surface area contributed by atoms with E-state index in [-0.39, 0.29) is 18.2 Å². The Morgan fingerprint density at radius 3 is 2.58 bits per heavy atom. The van der Waals surface area contributed by atoms with Crippen LogP contribution in [0.2, 0.25) is 0 Å². The molecule has 3 atom stereocenters. The second kappa shape index (κ2) is 6.72. The van der Waals surface area contributed by atoms with Gasteiger partial charge in [-0.05, 0) is 18.9 Å². The molecule has 24 heavy (non-hydrogen) atoms. The Hall–Kier alpha value is -2.85. The molecule has 1 heterocycles. The number of nitriles is 3. The number of hydrogen-bond acceptors (Lipinski definition) is 6. The lowest BCUT2D eigenvalue weighted by Gasteiger charge is -2.47. The summed E-state index contributed by atoms with van der Waals surface area (Å²) in [4.78, 5) is 13.5. The topological polar surface area (TPSA) is 125 Å². The van der Waals surface area contributed by atoms with Crippen LogP contribution in [0.4, 0.5) is 4.79 Å². The number of rotatable bonds is 2. The van der Waals surface area contributed by atoms with Crippen molar-refractivity contribution in [3.8, 4) is 18.2 Å². The molecule has 1 fully saturated rings. The van der Waals surface area contributed by atoms with Crippen molar-refractivity contribution in [1.29, 1.82) is 21.2 Å². The van der Waals surface area contributed by atoms with E-state index in [4.69, 9.17) is 10.1 Å². The average Bonchev–Trinajstić information content (AvgIpc) is 2.60. The van der Waals surface area contributed by atoms with Crippen LogP contribution < -0.4 is 0 Å². The molecule has 1 aliphatic heterocycles. The van der Waals surface area contributed by atoms with E-state index in [1.165, 1.54) is 4.90 Å². The summed E-state index contributed by atoms with van der Waals surface area (Å²) in [5.41, 5.74) is -1.03. The molecule has 0 aromatic heterocycles. The first-order valence-electron chi connectivity index (χ1n) is 7.93. The van der Waals surface area contributed by atoms with Gasteiger partial charge in [-0.25, -0.2) is 4.79 Å². The van der Waals surface area contributed by atoms with Crippen molar-refractivity contribution in [2.45, 2.75) is 20.3 Å². The molecule has 0 unspecified atom stereocenters. The van der Waals surface area contributed by atoms with Crippen molar-refractivity contribution >= 4 is 11.8 Å². The van der Waals surface area contributed by atoms with Gasteiger partial charge in [-0.15, -0.1) is 0 Å². The zero-order chi connectivity index (χ0) is 17.9. The fourth-order valence-electron chi connectivity index (χ4n) is 3.78. The van der Waals surface area contributed by atoms with E-state index in [1.54, 1.807) is 13.0 Å². The Morgan fingerprint density at radius 1 is 1.42 bits per heavy atom. The van der Waals surface area contributed by atoms with Gasteiger partial charge in [0.25, 0.3) is 0 Å². The summed E-state index contributed by atoms with van der Waals surface area (Å²) >= 11 is 0. The maximum atomic E-state index is 12.0. The van der Waals surface area contributed by atoms with Gasteiger partial charge < -0.3 is 15.0 Å². The molecule has 0 aromatic rings. The number of amides is 1. The number of nitrogens with zero attached hydrogens (tertiary/aromatic N) is 4. The SMILES string of the molecule is CCOC(=O)N1CC=C2[C@@H](C#N)C(=N)C(C#N)(C#N)[C@@H](CC)[C@H]2C1. The molecule has 1 saturated carbocycles. The molecule has 124 valence electrons. The number of nitrogens with one attached hydrogen (secondary N) is 1. The third kappa shape index (κ3) is 2.41. The molecule has 7 heteroatoms. The standard InChI is InChI=1S/C17H19N5O2/c1-3-14-13-8-22(16(23)24-4-2)6-5-11(13)12(7-18)15(21)17(14,9-19)10-20/h5,12-14,21H,3-4,6,8H2,1-2H3/t12-,13+,14+/m1/s1. The second-order valence-corrected chi connectivity index (χ2v) is 5.94. The number of ether oxygens (including phenoxy) is 1. The van der Waals surface area contributed by atoms with Crippen LogP contribution in [-0.2, 0) is 4.74 Å². The van der Waals surface area contributed by atoms with Crippen molar-refractivity contribution in [2.24, 2.45) is 23.2 Å². The van der Waals surface area contributed by atoms with Crippen molar-refractivity contribution < 1.29 is 9.53 Å². The normalized spacial score (nSPS) is 27.8. The summed E-state index contributed by atoms with van der Waals surface area (Å²) in [6.45, 7) is 4.44. The first kappa shape index (κ1) is 17.5. The summed E-state index contributed by atoms with van der Waals surface area (Å²) in [7, 11) is 0. The van der Waals surface area contributed by atoms with Crippen LogP contribution in [0.1, 0.15) is 20.3 Å². The second-order valence-electron chi connectivity index (χ2n) is 5.94. The van der Waals surface area contributed by atoms with E-state index in [0.717, 1.165) is 5.57 Å². The van der Waals surface area contributed by atoms with Crippen molar-refractivity contribution in [1.82, 2.24) is 4.90 Å². The monoisotopic (exact) mass is 325 g/mol. The van der Waals surface area contributed by atoms with Crippen molar-refractivity contribution in [3.63, 3.8) is 0 Å². The molecule has 1 aliphatic carbocycles. The largest absolute Gasteiger partial charge is 0.450 e. The Labute approximate surface area is 141 Å². The number of hydrogen-bond donors (Lipinski definition) is 1. The molecule has 1 amide bonds. The van der Waals surface area contributed by atoms with Crippen LogP contribution >= 0.6 is 0 Å². The van der Waals surface area contributed by atoms with E-state index < -0.39 is 23.3 Å². The third-order valence-electron chi connectivity index (χ3n) is 4.93. The fraction of sp³-hybridized carbons (Fsp3) is 0.588. The zero-order valence-electron chi connectivity index (χ0n) is 13.7. The molecule has 0 radical (unpaired) electrons. The van der Waals surface area contributed by atoms with Crippen LogP contribution in [0, 0.1) is 62.6 Å². The highest BCUT2D eigenvalue weighted by atomic mass is 16.6. The summed E-state index contributed by atoms with van der Waals surface area (Å²) in [5.74, 6) is -1.62. The minimum atomic E-state index is -1.63. The van der Waals surface area contributed by atoms with Gasteiger partial charge in [-0.2, -0.15) is 15.8 Å².